The fourth-order valence-electron chi connectivity index (χ4n) is 1.41. The first kappa shape index (κ1) is 9.80. The van der Waals surface area contributed by atoms with Crippen LogP contribution in [0.2, 0.25) is 0 Å². The molecule has 0 bridgehead atoms. The Morgan fingerprint density at radius 2 is 2.21 bits per heavy atom. The van der Waals surface area contributed by atoms with Gasteiger partial charge in [-0.05, 0) is 30.2 Å². The Bertz CT molecular complexity index is 464. The van der Waals surface area contributed by atoms with Crippen molar-refractivity contribution < 1.29 is 9.30 Å². The molecular weight excluding hydrogens is 214 g/mol. The smallest absolute Gasteiger partial charge is 0.297 e. The number of hydrogen-bond donors (Lipinski definition) is 0. The number of aryl methyl sites for hydroxylation is 1. The molecule has 1 aromatic heterocycles. The monoisotopic (exact) mass is 226 g/mol. The molecule has 0 amide bonds. The van der Waals surface area contributed by atoms with Gasteiger partial charge in [0.25, 0.3) is 4.34 Å². The molecule has 0 aliphatic rings. The van der Waals surface area contributed by atoms with Gasteiger partial charge in [-0.2, -0.15) is 4.57 Å². The lowest BCUT2D eigenvalue weighted by molar-refractivity contribution is -0.676. The summed E-state index contributed by atoms with van der Waals surface area (Å²) in [6, 6.07) is 6.19. The molecule has 1 aromatic carbocycles. The molecule has 0 aliphatic carbocycles. The number of methoxy groups -OCH3 is 1. The zero-order valence-corrected chi connectivity index (χ0v) is 10.0. The Balaban J connectivity index is 2.68. The Labute approximate surface area is 91.5 Å². The van der Waals surface area contributed by atoms with Crippen molar-refractivity contribution in [1.82, 2.24) is 0 Å². The minimum Gasteiger partial charge on any atom is -0.497 e. The molecule has 2 aromatic rings. The highest BCUT2D eigenvalue weighted by atomic mass is 32.2. The average molecular weight is 226 g/mol. The maximum absolute atomic E-state index is 5.20. The van der Waals surface area contributed by atoms with E-state index in [-0.39, 0.29) is 0 Å². The van der Waals surface area contributed by atoms with Crippen LogP contribution in [0.3, 0.4) is 0 Å². The highest BCUT2D eigenvalue weighted by molar-refractivity contribution is 8.00. The molecule has 0 radical (unpaired) electrons. The van der Waals surface area contributed by atoms with Crippen molar-refractivity contribution in [2.75, 3.05) is 13.4 Å². The summed E-state index contributed by atoms with van der Waals surface area (Å²) in [5.74, 6) is 0.915. The van der Waals surface area contributed by atoms with Crippen LogP contribution < -0.4 is 9.30 Å². The molecule has 0 saturated heterocycles. The van der Waals surface area contributed by atoms with E-state index in [1.807, 2.05) is 17.4 Å². The Morgan fingerprint density at radius 1 is 1.43 bits per heavy atom. The van der Waals surface area contributed by atoms with Gasteiger partial charge in [0.1, 0.15) is 17.5 Å². The number of nitrogens with zero attached hydrogens (tertiary/aromatic N) is 1. The maximum Gasteiger partial charge on any atom is 0.297 e. The van der Waals surface area contributed by atoms with E-state index in [0.717, 1.165) is 5.75 Å². The van der Waals surface area contributed by atoms with Crippen LogP contribution in [0.5, 0.6) is 5.75 Å². The molecule has 2 nitrogen and oxygen atoms in total. The molecule has 4 heteroatoms. The van der Waals surface area contributed by atoms with E-state index in [9.17, 15) is 0 Å². The van der Waals surface area contributed by atoms with Gasteiger partial charge >= 0.3 is 0 Å². The van der Waals surface area contributed by atoms with Gasteiger partial charge in [0.2, 0.25) is 5.52 Å². The number of benzene rings is 1. The zero-order chi connectivity index (χ0) is 10.1. The Morgan fingerprint density at radius 3 is 2.86 bits per heavy atom. The van der Waals surface area contributed by atoms with E-state index in [1.54, 1.807) is 18.9 Å². The van der Waals surface area contributed by atoms with Gasteiger partial charge in [0, 0.05) is 0 Å². The van der Waals surface area contributed by atoms with Gasteiger partial charge in [-0.3, -0.25) is 0 Å². The van der Waals surface area contributed by atoms with Crippen LogP contribution in [0, 0.1) is 0 Å². The third kappa shape index (κ3) is 1.48. The molecule has 0 saturated carbocycles. The maximum atomic E-state index is 5.20. The molecule has 1 heterocycles. The molecule has 0 atom stereocenters. The predicted octanol–water partition coefficient (Wildman–Crippen LogP) is 2.46. The summed E-state index contributed by atoms with van der Waals surface area (Å²) < 4.78 is 10.0. The summed E-state index contributed by atoms with van der Waals surface area (Å²) in [4.78, 5) is 0. The largest absolute Gasteiger partial charge is 0.497 e. The van der Waals surface area contributed by atoms with E-state index in [2.05, 4.69) is 30.0 Å². The molecule has 0 aliphatic heterocycles. The second-order valence-corrected chi connectivity index (χ2v) is 5.05. The lowest BCUT2D eigenvalue weighted by Gasteiger charge is -1.95. The molecule has 2 rings (SSSR count). The van der Waals surface area contributed by atoms with Crippen molar-refractivity contribution in [3.05, 3.63) is 18.2 Å². The SMILES string of the molecule is COc1ccc2sc(SC)[n+](C)c2c1. The van der Waals surface area contributed by atoms with Gasteiger partial charge in [-0.25, -0.2) is 0 Å². The summed E-state index contributed by atoms with van der Waals surface area (Å²) >= 11 is 3.59. The van der Waals surface area contributed by atoms with Crippen molar-refractivity contribution in [3.63, 3.8) is 0 Å². The second kappa shape index (κ2) is 3.79. The summed E-state index contributed by atoms with van der Waals surface area (Å²) in [6.07, 6.45) is 2.10. The topological polar surface area (TPSA) is 13.1 Å². The molecular formula is C10H12NOS2+. The van der Waals surface area contributed by atoms with Crippen molar-refractivity contribution in [1.29, 1.82) is 0 Å². The molecule has 0 N–H and O–H groups in total. The first-order chi connectivity index (χ1) is 6.76. The second-order valence-electron chi connectivity index (χ2n) is 2.96. The highest BCUT2D eigenvalue weighted by Crippen LogP contribution is 2.28. The molecule has 0 unspecified atom stereocenters. The minimum atomic E-state index is 0.915. The van der Waals surface area contributed by atoms with Crippen LogP contribution in [0.15, 0.2) is 22.5 Å². The van der Waals surface area contributed by atoms with Crippen LogP contribution in [-0.4, -0.2) is 13.4 Å². The summed E-state index contributed by atoms with van der Waals surface area (Å²) in [5, 5.41) is 0. The zero-order valence-electron chi connectivity index (χ0n) is 8.40. The molecule has 0 fully saturated rings. The van der Waals surface area contributed by atoms with Gasteiger partial charge in [0.05, 0.1) is 13.2 Å². The number of thiazole rings is 1. The van der Waals surface area contributed by atoms with Crippen molar-refractivity contribution in [3.8, 4) is 5.75 Å². The van der Waals surface area contributed by atoms with Crippen molar-refractivity contribution in [2.24, 2.45) is 7.05 Å². The summed E-state index contributed by atoms with van der Waals surface area (Å²) in [7, 11) is 3.78. The number of aromatic nitrogens is 1. The van der Waals surface area contributed by atoms with Crippen LogP contribution in [0.4, 0.5) is 0 Å². The van der Waals surface area contributed by atoms with Crippen LogP contribution in [0.25, 0.3) is 10.2 Å². The average Bonchev–Trinajstić information content (AvgIpc) is 2.55. The van der Waals surface area contributed by atoms with Crippen LogP contribution in [0.1, 0.15) is 0 Å². The standard InChI is InChI=1S/C10H12NOS2/c1-11-8-6-7(12-2)4-5-9(8)14-10(11)13-3/h4-6H,1-3H3/q+1. The summed E-state index contributed by atoms with van der Waals surface area (Å²) in [5.41, 5.74) is 1.23. The first-order valence-electron chi connectivity index (χ1n) is 4.27. The van der Waals surface area contributed by atoms with E-state index < -0.39 is 0 Å². The van der Waals surface area contributed by atoms with Gasteiger partial charge in [-0.15, -0.1) is 0 Å². The number of ether oxygens (including phenoxy) is 1. The Kier molecular flexibility index (Phi) is 2.65. The molecule has 0 spiro atoms. The van der Waals surface area contributed by atoms with Crippen molar-refractivity contribution >= 4 is 33.3 Å². The fraction of sp³-hybridized carbons (Fsp3) is 0.300. The number of rotatable bonds is 2. The van der Waals surface area contributed by atoms with Crippen LogP contribution in [-0.2, 0) is 7.05 Å². The Hall–Kier alpha value is -0.740. The fourth-order valence-corrected chi connectivity index (χ4v) is 3.25. The van der Waals surface area contributed by atoms with Crippen LogP contribution >= 0.6 is 23.1 Å². The number of fused-ring (bicyclic) bond motifs is 1. The molecule has 14 heavy (non-hydrogen) atoms. The van der Waals surface area contributed by atoms with E-state index in [0.29, 0.717) is 0 Å². The van der Waals surface area contributed by atoms with E-state index in [1.165, 1.54) is 14.6 Å². The lowest BCUT2D eigenvalue weighted by atomic mass is 10.3. The van der Waals surface area contributed by atoms with Gasteiger partial charge < -0.3 is 4.74 Å². The van der Waals surface area contributed by atoms with Crippen molar-refractivity contribution in [2.45, 2.75) is 4.34 Å². The minimum absolute atomic E-state index is 0.915. The van der Waals surface area contributed by atoms with E-state index in [4.69, 9.17) is 4.74 Å². The third-order valence-corrected chi connectivity index (χ3v) is 4.56. The number of thioether (sulfide) groups is 1. The predicted molar refractivity (Wildman–Crippen MR) is 61.3 cm³/mol. The molecule has 74 valence electrons. The van der Waals surface area contributed by atoms with Gasteiger partial charge in [-0.1, -0.05) is 11.3 Å². The highest BCUT2D eigenvalue weighted by Gasteiger charge is 2.16. The van der Waals surface area contributed by atoms with Gasteiger partial charge in [0.15, 0.2) is 0 Å². The first-order valence-corrected chi connectivity index (χ1v) is 6.31. The summed E-state index contributed by atoms with van der Waals surface area (Å²) in [6.45, 7) is 0. The normalized spacial score (nSPS) is 10.8. The third-order valence-electron chi connectivity index (χ3n) is 2.17. The van der Waals surface area contributed by atoms with E-state index >= 15 is 0 Å². The quantitative estimate of drug-likeness (QED) is 0.576. The number of hydrogen-bond acceptors (Lipinski definition) is 3. The lowest BCUT2D eigenvalue weighted by Crippen LogP contribution is -2.27.